The van der Waals surface area contributed by atoms with Gasteiger partial charge in [0.05, 0.1) is 21.0 Å². The molecule has 0 aliphatic heterocycles. The van der Waals surface area contributed by atoms with Gasteiger partial charge in [0.2, 0.25) is 0 Å². The molecule has 0 saturated heterocycles. The fraction of sp³-hybridized carbons (Fsp3) is 0.188. The molecular formula is C16H14F2N2O6. The number of hydrogen-bond acceptors (Lipinski definition) is 6. The highest BCUT2D eigenvalue weighted by molar-refractivity contribution is 5.59. The van der Waals surface area contributed by atoms with Gasteiger partial charge in [0.15, 0.2) is 0 Å². The number of benzene rings is 2. The average Bonchev–Trinajstić information content (AvgIpc) is 2.59. The molecular weight excluding hydrogens is 354 g/mol. The first kappa shape index (κ1) is 20.8. The zero-order valence-electron chi connectivity index (χ0n) is 13.3. The smallest absolute Gasteiger partial charge is 0.275 e. The minimum Gasteiger partial charge on any atom is -0.396 e. The Morgan fingerprint density at radius 2 is 1.38 bits per heavy atom. The molecule has 26 heavy (non-hydrogen) atoms. The minimum absolute atomic E-state index is 0.0387. The standard InChI is InChI=1S/C8H8FNO3.C8H6FNO3/c2*9-7-2-1-3-8(10(12)13)6(7)4-5-11/h1-3,11H,4-5H2;1-3,5H,4H2. The topological polar surface area (TPSA) is 124 Å². The van der Waals surface area contributed by atoms with E-state index < -0.39 is 21.5 Å². The molecule has 8 nitrogen and oxygen atoms in total. The second kappa shape index (κ2) is 9.89. The van der Waals surface area contributed by atoms with Crippen LogP contribution in [0.15, 0.2) is 36.4 Å². The first-order valence-corrected chi connectivity index (χ1v) is 7.21. The van der Waals surface area contributed by atoms with Crippen LogP contribution in [0.4, 0.5) is 20.2 Å². The van der Waals surface area contributed by atoms with E-state index >= 15 is 0 Å². The number of nitrogens with zero attached hydrogens (tertiary/aromatic N) is 2. The van der Waals surface area contributed by atoms with Gasteiger partial charge in [-0.25, -0.2) is 8.78 Å². The van der Waals surface area contributed by atoms with E-state index in [0.29, 0.717) is 6.29 Å². The first-order chi connectivity index (χ1) is 12.3. The summed E-state index contributed by atoms with van der Waals surface area (Å²) >= 11 is 0. The second-order valence-corrected chi connectivity index (χ2v) is 4.83. The Hall–Kier alpha value is -3.27. The van der Waals surface area contributed by atoms with Crippen LogP contribution >= 0.6 is 0 Å². The summed E-state index contributed by atoms with van der Waals surface area (Å²) in [6, 6.07) is 7.12. The lowest BCUT2D eigenvalue weighted by Gasteiger charge is -2.01. The number of aliphatic hydroxyl groups is 1. The van der Waals surface area contributed by atoms with Gasteiger partial charge in [0.25, 0.3) is 11.4 Å². The van der Waals surface area contributed by atoms with Crippen molar-refractivity contribution in [2.24, 2.45) is 0 Å². The zero-order valence-corrected chi connectivity index (χ0v) is 13.3. The molecule has 2 aromatic carbocycles. The monoisotopic (exact) mass is 368 g/mol. The molecule has 0 spiro atoms. The summed E-state index contributed by atoms with van der Waals surface area (Å²) in [5.41, 5.74) is -0.848. The number of nitro groups is 2. The van der Waals surface area contributed by atoms with E-state index in [-0.39, 0.29) is 42.0 Å². The molecule has 0 saturated carbocycles. The van der Waals surface area contributed by atoms with Gasteiger partial charge >= 0.3 is 0 Å². The highest BCUT2D eigenvalue weighted by Gasteiger charge is 2.17. The van der Waals surface area contributed by atoms with Gasteiger partial charge in [0.1, 0.15) is 17.9 Å². The Balaban J connectivity index is 0.000000260. The predicted molar refractivity (Wildman–Crippen MR) is 86.7 cm³/mol. The number of aliphatic hydroxyl groups excluding tert-OH is 1. The molecule has 1 N–H and O–H groups in total. The van der Waals surface area contributed by atoms with Crippen LogP contribution in [0.5, 0.6) is 0 Å². The van der Waals surface area contributed by atoms with Crippen molar-refractivity contribution < 1.29 is 28.5 Å². The molecule has 0 aliphatic carbocycles. The van der Waals surface area contributed by atoms with Crippen LogP contribution in [0.2, 0.25) is 0 Å². The fourth-order valence-electron chi connectivity index (χ4n) is 2.08. The number of halogens is 2. The van der Waals surface area contributed by atoms with Gasteiger partial charge in [-0.15, -0.1) is 0 Å². The van der Waals surface area contributed by atoms with Gasteiger partial charge < -0.3 is 9.90 Å². The van der Waals surface area contributed by atoms with E-state index in [2.05, 4.69) is 0 Å². The molecule has 0 amide bonds. The van der Waals surface area contributed by atoms with E-state index in [1.165, 1.54) is 24.3 Å². The van der Waals surface area contributed by atoms with E-state index in [0.717, 1.165) is 12.1 Å². The lowest BCUT2D eigenvalue weighted by Crippen LogP contribution is -2.01. The van der Waals surface area contributed by atoms with Crippen LogP contribution < -0.4 is 0 Å². The highest BCUT2D eigenvalue weighted by Crippen LogP contribution is 2.21. The molecule has 0 bridgehead atoms. The summed E-state index contributed by atoms with van der Waals surface area (Å²) in [7, 11) is 0. The molecule has 0 heterocycles. The van der Waals surface area contributed by atoms with Gasteiger partial charge in [0, 0.05) is 31.6 Å². The summed E-state index contributed by atoms with van der Waals surface area (Å²) in [4.78, 5) is 29.5. The van der Waals surface area contributed by atoms with E-state index in [9.17, 15) is 33.8 Å². The van der Waals surface area contributed by atoms with Crippen molar-refractivity contribution in [2.45, 2.75) is 12.8 Å². The van der Waals surface area contributed by atoms with Crippen molar-refractivity contribution in [1.82, 2.24) is 0 Å². The van der Waals surface area contributed by atoms with Crippen molar-refractivity contribution in [3.05, 3.63) is 79.4 Å². The molecule has 2 aromatic rings. The van der Waals surface area contributed by atoms with Crippen molar-refractivity contribution in [2.75, 3.05) is 6.61 Å². The number of rotatable bonds is 6. The summed E-state index contributed by atoms with van der Waals surface area (Å²) in [6.07, 6.45) is 0.122. The number of aldehydes is 1. The molecule has 0 unspecified atom stereocenters. The van der Waals surface area contributed by atoms with E-state index in [4.69, 9.17) is 5.11 Å². The molecule has 0 fully saturated rings. The van der Waals surface area contributed by atoms with Gasteiger partial charge in [-0.2, -0.15) is 0 Å². The summed E-state index contributed by atoms with van der Waals surface area (Å²) < 4.78 is 25.9. The number of carbonyl (C=O) groups is 1. The van der Waals surface area contributed by atoms with Crippen molar-refractivity contribution in [3.63, 3.8) is 0 Å². The Kier molecular flexibility index (Phi) is 7.90. The molecule has 0 aliphatic rings. The molecule has 2 rings (SSSR count). The van der Waals surface area contributed by atoms with E-state index in [1.807, 2.05) is 0 Å². The van der Waals surface area contributed by atoms with Crippen LogP contribution in [0.1, 0.15) is 11.1 Å². The van der Waals surface area contributed by atoms with Gasteiger partial charge in [-0.1, -0.05) is 12.1 Å². The predicted octanol–water partition coefficient (Wildman–Crippen LogP) is 2.74. The van der Waals surface area contributed by atoms with E-state index in [1.54, 1.807) is 0 Å². The third-order valence-electron chi connectivity index (χ3n) is 3.23. The maximum Gasteiger partial charge on any atom is 0.275 e. The number of hydrogen-bond donors (Lipinski definition) is 1. The molecule has 10 heteroatoms. The zero-order chi connectivity index (χ0) is 19.7. The Morgan fingerprint density at radius 3 is 1.81 bits per heavy atom. The van der Waals surface area contributed by atoms with Crippen LogP contribution in [-0.4, -0.2) is 27.8 Å². The summed E-state index contributed by atoms with van der Waals surface area (Å²) in [6.45, 7) is -0.304. The first-order valence-electron chi connectivity index (χ1n) is 7.21. The SMILES string of the molecule is O=CCc1c(F)cccc1[N+](=O)[O-].O=[N+]([O-])c1cccc(F)c1CCO. The minimum atomic E-state index is -0.721. The lowest BCUT2D eigenvalue weighted by atomic mass is 10.1. The van der Waals surface area contributed by atoms with Crippen LogP contribution in [0.3, 0.4) is 0 Å². The van der Waals surface area contributed by atoms with Gasteiger partial charge in [-0.05, 0) is 12.1 Å². The molecule has 0 atom stereocenters. The number of nitro benzene ring substituents is 2. The average molecular weight is 368 g/mol. The quantitative estimate of drug-likeness (QED) is 0.475. The molecule has 0 radical (unpaired) electrons. The Bertz CT molecular complexity index is 813. The second-order valence-electron chi connectivity index (χ2n) is 4.83. The normalized spacial score (nSPS) is 9.81. The molecule has 0 aromatic heterocycles. The highest BCUT2D eigenvalue weighted by atomic mass is 19.1. The third-order valence-corrected chi connectivity index (χ3v) is 3.23. The Morgan fingerprint density at radius 1 is 0.923 bits per heavy atom. The largest absolute Gasteiger partial charge is 0.396 e. The van der Waals surface area contributed by atoms with Crippen LogP contribution in [0.25, 0.3) is 0 Å². The fourth-order valence-corrected chi connectivity index (χ4v) is 2.08. The Labute approximate surface area is 146 Å². The van der Waals surface area contributed by atoms with Crippen molar-refractivity contribution in [3.8, 4) is 0 Å². The maximum atomic E-state index is 13.0. The summed E-state index contributed by atoms with van der Waals surface area (Å²) in [5.74, 6) is -1.37. The maximum absolute atomic E-state index is 13.0. The van der Waals surface area contributed by atoms with Crippen molar-refractivity contribution in [1.29, 1.82) is 0 Å². The van der Waals surface area contributed by atoms with Gasteiger partial charge in [-0.3, -0.25) is 20.2 Å². The third kappa shape index (κ3) is 5.38. The van der Waals surface area contributed by atoms with Crippen LogP contribution in [0, 0.1) is 31.9 Å². The summed E-state index contributed by atoms with van der Waals surface area (Å²) in [5, 5.41) is 29.3. The number of carbonyl (C=O) groups excluding carboxylic acids is 1. The van der Waals surface area contributed by atoms with Crippen molar-refractivity contribution >= 4 is 17.7 Å². The lowest BCUT2D eigenvalue weighted by molar-refractivity contribution is -0.385. The molecule has 138 valence electrons. The van der Waals surface area contributed by atoms with Crippen LogP contribution in [-0.2, 0) is 17.6 Å².